The lowest BCUT2D eigenvalue weighted by Crippen LogP contribution is -2.47. The van der Waals surface area contributed by atoms with Crippen LogP contribution in [0.5, 0.6) is 0 Å². The first-order valence-electron chi connectivity index (χ1n) is 8.21. The Morgan fingerprint density at radius 3 is 1.72 bits per heavy atom. The van der Waals surface area contributed by atoms with Gasteiger partial charge in [0.25, 0.3) is 0 Å². The highest BCUT2D eigenvalue weighted by Crippen LogP contribution is 2.27. The van der Waals surface area contributed by atoms with Crippen molar-refractivity contribution in [3.05, 3.63) is 0 Å². The minimum absolute atomic E-state index is 0.00112. The van der Waals surface area contributed by atoms with Crippen molar-refractivity contribution in [2.75, 3.05) is 0 Å². The van der Waals surface area contributed by atoms with E-state index in [-0.39, 0.29) is 5.54 Å². The second-order valence-corrected chi connectivity index (χ2v) is 6.69. The summed E-state index contributed by atoms with van der Waals surface area (Å²) in [5, 5.41) is 0. The molecule has 0 rings (SSSR count). The van der Waals surface area contributed by atoms with Crippen LogP contribution < -0.4 is 5.73 Å². The van der Waals surface area contributed by atoms with E-state index in [1.165, 1.54) is 57.8 Å². The van der Waals surface area contributed by atoms with Crippen LogP contribution >= 0.6 is 0 Å². The highest BCUT2D eigenvalue weighted by atomic mass is 14.7. The maximum Gasteiger partial charge on any atom is 0.0174 e. The molecule has 1 heteroatoms. The molecule has 0 fully saturated rings. The van der Waals surface area contributed by atoms with E-state index >= 15 is 0 Å². The van der Waals surface area contributed by atoms with Gasteiger partial charge in [-0.1, -0.05) is 79.1 Å². The molecule has 1 nitrogen and oxygen atoms in total. The van der Waals surface area contributed by atoms with Crippen LogP contribution in [0.2, 0.25) is 0 Å². The minimum Gasteiger partial charge on any atom is -0.325 e. The van der Waals surface area contributed by atoms with Crippen molar-refractivity contribution in [2.24, 2.45) is 17.6 Å². The van der Waals surface area contributed by atoms with Gasteiger partial charge < -0.3 is 5.73 Å². The van der Waals surface area contributed by atoms with E-state index in [2.05, 4.69) is 34.6 Å². The lowest BCUT2D eigenvalue weighted by atomic mass is 9.76. The molecule has 0 amide bonds. The lowest BCUT2D eigenvalue weighted by Gasteiger charge is -2.35. The Balaban J connectivity index is 3.49. The van der Waals surface area contributed by atoms with E-state index in [0.29, 0.717) is 11.8 Å². The molecule has 0 aromatic carbocycles. The Bertz CT molecular complexity index is 184. The first-order chi connectivity index (χ1) is 8.42. The molecule has 0 radical (unpaired) electrons. The van der Waals surface area contributed by atoms with Crippen molar-refractivity contribution < 1.29 is 0 Å². The van der Waals surface area contributed by atoms with Gasteiger partial charge in [0.2, 0.25) is 0 Å². The molecule has 0 saturated carbocycles. The fraction of sp³-hybridized carbons (Fsp3) is 1.00. The Hall–Kier alpha value is -0.0400. The minimum atomic E-state index is 0.00112. The van der Waals surface area contributed by atoms with Gasteiger partial charge in [-0.3, -0.25) is 0 Å². The molecule has 0 saturated heterocycles. The molecule has 0 bridgehead atoms. The average molecular weight is 255 g/mol. The van der Waals surface area contributed by atoms with Gasteiger partial charge in [-0.2, -0.15) is 0 Å². The van der Waals surface area contributed by atoms with Crippen LogP contribution in [-0.2, 0) is 0 Å². The molecular weight excluding hydrogens is 218 g/mol. The van der Waals surface area contributed by atoms with Gasteiger partial charge in [-0.25, -0.2) is 0 Å². The highest BCUT2D eigenvalue weighted by molar-refractivity contribution is 4.87. The van der Waals surface area contributed by atoms with E-state index in [9.17, 15) is 0 Å². The van der Waals surface area contributed by atoms with Crippen LogP contribution in [0.3, 0.4) is 0 Å². The zero-order valence-electron chi connectivity index (χ0n) is 13.6. The van der Waals surface area contributed by atoms with Crippen molar-refractivity contribution in [3.8, 4) is 0 Å². The van der Waals surface area contributed by atoms with Gasteiger partial charge in [-0.15, -0.1) is 0 Å². The van der Waals surface area contributed by atoms with E-state index in [1.54, 1.807) is 0 Å². The third kappa shape index (κ3) is 7.41. The fourth-order valence-electron chi connectivity index (χ4n) is 2.46. The number of hydrogen-bond acceptors (Lipinski definition) is 1. The number of rotatable bonds is 11. The SMILES string of the molecule is CCCCCCCCCCC(C)C(C)(N)C(C)C. The molecule has 0 aliphatic carbocycles. The molecule has 0 heterocycles. The molecule has 0 aliphatic rings. The summed E-state index contributed by atoms with van der Waals surface area (Å²) in [7, 11) is 0. The molecule has 110 valence electrons. The van der Waals surface area contributed by atoms with Crippen LogP contribution in [0.4, 0.5) is 0 Å². The maximum absolute atomic E-state index is 6.40. The lowest BCUT2D eigenvalue weighted by molar-refractivity contribution is 0.219. The molecule has 0 aromatic rings. The predicted octanol–water partition coefficient (Wildman–Crippen LogP) is 5.53. The first-order valence-corrected chi connectivity index (χ1v) is 8.21. The molecule has 0 aromatic heterocycles. The van der Waals surface area contributed by atoms with Crippen LogP contribution in [0, 0.1) is 11.8 Å². The zero-order chi connectivity index (χ0) is 14.0. The summed E-state index contributed by atoms with van der Waals surface area (Å²) >= 11 is 0. The number of hydrogen-bond donors (Lipinski definition) is 1. The summed E-state index contributed by atoms with van der Waals surface area (Å²) in [6.07, 6.45) is 12.5. The predicted molar refractivity (Wildman–Crippen MR) is 83.8 cm³/mol. The van der Waals surface area contributed by atoms with E-state index in [4.69, 9.17) is 5.73 Å². The maximum atomic E-state index is 6.40. The summed E-state index contributed by atoms with van der Waals surface area (Å²) in [5.41, 5.74) is 6.40. The van der Waals surface area contributed by atoms with Crippen molar-refractivity contribution in [1.82, 2.24) is 0 Å². The van der Waals surface area contributed by atoms with Crippen molar-refractivity contribution in [1.29, 1.82) is 0 Å². The van der Waals surface area contributed by atoms with E-state index < -0.39 is 0 Å². The van der Waals surface area contributed by atoms with Gasteiger partial charge in [0.1, 0.15) is 0 Å². The van der Waals surface area contributed by atoms with Gasteiger partial charge in [-0.05, 0) is 25.2 Å². The first kappa shape index (κ1) is 18.0. The Kier molecular flexibility index (Phi) is 9.81. The molecule has 0 aliphatic heterocycles. The summed E-state index contributed by atoms with van der Waals surface area (Å²) in [6, 6.07) is 0. The summed E-state index contributed by atoms with van der Waals surface area (Å²) in [4.78, 5) is 0. The quantitative estimate of drug-likeness (QED) is 0.483. The number of unbranched alkanes of at least 4 members (excludes halogenated alkanes) is 7. The van der Waals surface area contributed by atoms with Crippen LogP contribution in [0.25, 0.3) is 0 Å². The Morgan fingerprint density at radius 2 is 1.28 bits per heavy atom. The standard InChI is InChI=1S/C17H37N/c1-6-7-8-9-10-11-12-13-14-16(4)17(5,18)15(2)3/h15-16H,6-14,18H2,1-5H3. The third-order valence-corrected chi connectivity index (χ3v) is 4.80. The van der Waals surface area contributed by atoms with Crippen LogP contribution in [0.15, 0.2) is 0 Å². The molecule has 2 unspecified atom stereocenters. The molecule has 0 spiro atoms. The Labute approximate surface area is 116 Å². The van der Waals surface area contributed by atoms with Crippen molar-refractivity contribution >= 4 is 0 Å². The van der Waals surface area contributed by atoms with E-state index in [0.717, 1.165) is 0 Å². The average Bonchev–Trinajstić information content (AvgIpc) is 2.32. The smallest absolute Gasteiger partial charge is 0.0174 e. The normalized spacial score (nSPS) is 16.8. The largest absolute Gasteiger partial charge is 0.325 e. The molecule has 2 N–H and O–H groups in total. The molecule has 2 atom stereocenters. The van der Waals surface area contributed by atoms with Crippen LogP contribution in [-0.4, -0.2) is 5.54 Å². The third-order valence-electron chi connectivity index (χ3n) is 4.80. The molecular formula is C17H37N. The van der Waals surface area contributed by atoms with Gasteiger partial charge in [0.15, 0.2) is 0 Å². The monoisotopic (exact) mass is 255 g/mol. The van der Waals surface area contributed by atoms with Gasteiger partial charge in [0.05, 0.1) is 0 Å². The second-order valence-electron chi connectivity index (χ2n) is 6.69. The van der Waals surface area contributed by atoms with Gasteiger partial charge >= 0.3 is 0 Å². The van der Waals surface area contributed by atoms with Gasteiger partial charge in [0, 0.05) is 5.54 Å². The topological polar surface area (TPSA) is 26.0 Å². The number of nitrogens with two attached hydrogens (primary N) is 1. The van der Waals surface area contributed by atoms with Crippen molar-refractivity contribution in [3.63, 3.8) is 0 Å². The Morgan fingerprint density at radius 1 is 0.833 bits per heavy atom. The summed E-state index contributed by atoms with van der Waals surface area (Å²) < 4.78 is 0. The summed E-state index contributed by atoms with van der Waals surface area (Å²) in [6.45, 7) is 11.3. The van der Waals surface area contributed by atoms with E-state index in [1.807, 2.05) is 0 Å². The molecule has 18 heavy (non-hydrogen) atoms. The van der Waals surface area contributed by atoms with Crippen LogP contribution in [0.1, 0.15) is 92.4 Å². The highest BCUT2D eigenvalue weighted by Gasteiger charge is 2.29. The van der Waals surface area contributed by atoms with Crippen molar-refractivity contribution in [2.45, 2.75) is 97.9 Å². The zero-order valence-corrected chi connectivity index (χ0v) is 13.6. The summed E-state index contributed by atoms with van der Waals surface area (Å²) in [5.74, 6) is 1.21. The fourth-order valence-corrected chi connectivity index (χ4v) is 2.46. The second kappa shape index (κ2) is 9.83.